The molecule has 0 atom stereocenters. The molecule has 19 heavy (non-hydrogen) atoms. The molecule has 1 N–H and O–H groups in total. The van der Waals surface area contributed by atoms with Gasteiger partial charge in [0.1, 0.15) is 9.39 Å². The minimum absolute atomic E-state index is 0.139. The van der Waals surface area contributed by atoms with Crippen molar-refractivity contribution in [3.8, 4) is 0 Å². The maximum absolute atomic E-state index is 11.8. The van der Waals surface area contributed by atoms with Crippen LogP contribution in [-0.2, 0) is 17.8 Å². The SMILES string of the molecule is COCc1nc(Cc2cccc(Cl)c2)[nH]c(=O)c1I. The number of aromatic amines is 1. The lowest BCUT2D eigenvalue weighted by Crippen LogP contribution is -2.18. The van der Waals surface area contributed by atoms with Crippen LogP contribution in [0.3, 0.4) is 0 Å². The maximum atomic E-state index is 11.8. The standard InChI is InChI=1S/C13H12ClIN2O2/c1-19-7-10-12(15)13(18)17-11(16-10)6-8-3-2-4-9(14)5-8/h2-5H,6-7H2,1H3,(H,16,17,18). The van der Waals surface area contributed by atoms with Gasteiger partial charge in [-0.05, 0) is 40.3 Å². The number of rotatable bonds is 4. The topological polar surface area (TPSA) is 55.0 Å². The number of benzene rings is 1. The first-order chi connectivity index (χ1) is 9.10. The predicted octanol–water partition coefficient (Wildman–Crippen LogP) is 2.77. The highest BCUT2D eigenvalue weighted by atomic mass is 127. The number of nitrogens with one attached hydrogen (secondary N) is 1. The van der Waals surface area contributed by atoms with E-state index in [-0.39, 0.29) is 5.56 Å². The van der Waals surface area contributed by atoms with Crippen molar-refractivity contribution in [2.75, 3.05) is 7.11 Å². The molecule has 0 fully saturated rings. The van der Waals surface area contributed by atoms with Crippen LogP contribution in [0.1, 0.15) is 17.1 Å². The summed E-state index contributed by atoms with van der Waals surface area (Å²) in [5, 5.41) is 0.669. The fourth-order valence-electron chi connectivity index (χ4n) is 1.71. The van der Waals surface area contributed by atoms with E-state index in [0.29, 0.717) is 33.1 Å². The van der Waals surface area contributed by atoms with Gasteiger partial charge in [0.15, 0.2) is 0 Å². The number of halogens is 2. The van der Waals surface area contributed by atoms with E-state index >= 15 is 0 Å². The average molecular weight is 391 g/mol. The first kappa shape index (κ1) is 14.5. The Hall–Kier alpha value is -0.920. The molecule has 2 aromatic rings. The van der Waals surface area contributed by atoms with Crippen molar-refractivity contribution in [2.45, 2.75) is 13.0 Å². The molecular weight excluding hydrogens is 379 g/mol. The van der Waals surface area contributed by atoms with Crippen LogP contribution in [0.2, 0.25) is 5.02 Å². The quantitative estimate of drug-likeness (QED) is 0.817. The molecule has 100 valence electrons. The summed E-state index contributed by atoms with van der Waals surface area (Å²) in [5.74, 6) is 0.611. The van der Waals surface area contributed by atoms with Crippen LogP contribution in [0.5, 0.6) is 0 Å². The maximum Gasteiger partial charge on any atom is 0.264 e. The highest BCUT2D eigenvalue weighted by molar-refractivity contribution is 14.1. The number of aromatic nitrogens is 2. The van der Waals surface area contributed by atoms with E-state index in [4.69, 9.17) is 16.3 Å². The highest BCUT2D eigenvalue weighted by Crippen LogP contribution is 2.13. The third-order valence-electron chi connectivity index (χ3n) is 2.52. The summed E-state index contributed by atoms with van der Waals surface area (Å²) < 4.78 is 5.61. The van der Waals surface area contributed by atoms with Gasteiger partial charge in [-0.3, -0.25) is 4.79 Å². The van der Waals surface area contributed by atoms with Crippen molar-refractivity contribution >= 4 is 34.2 Å². The summed E-state index contributed by atoms with van der Waals surface area (Å²) in [7, 11) is 1.58. The van der Waals surface area contributed by atoms with Crippen LogP contribution in [0.25, 0.3) is 0 Å². The fourth-order valence-corrected chi connectivity index (χ4v) is 2.34. The molecule has 0 aliphatic heterocycles. The Morgan fingerprint density at radius 3 is 2.95 bits per heavy atom. The van der Waals surface area contributed by atoms with Gasteiger partial charge < -0.3 is 9.72 Å². The summed E-state index contributed by atoms with van der Waals surface area (Å²) in [6.07, 6.45) is 0.531. The third-order valence-corrected chi connectivity index (χ3v) is 3.87. The Balaban J connectivity index is 2.33. The lowest BCUT2D eigenvalue weighted by molar-refractivity contribution is 0.180. The Kier molecular flexibility index (Phi) is 4.95. The van der Waals surface area contributed by atoms with Gasteiger partial charge in [0.05, 0.1) is 12.3 Å². The molecule has 0 aliphatic rings. The molecule has 1 heterocycles. The molecule has 4 nitrogen and oxygen atoms in total. The lowest BCUT2D eigenvalue weighted by Gasteiger charge is -2.06. The highest BCUT2D eigenvalue weighted by Gasteiger charge is 2.09. The number of methoxy groups -OCH3 is 1. The van der Waals surface area contributed by atoms with Gasteiger partial charge in [0.25, 0.3) is 5.56 Å². The smallest absolute Gasteiger partial charge is 0.264 e. The summed E-state index contributed by atoms with van der Waals surface area (Å²) in [6, 6.07) is 7.49. The Morgan fingerprint density at radius 1 is 1.47 bits per heavy atom. The van der Waals surface area contributed by atoms with Gasteiger partial charge in [0.2, 0.25) is 0 Å². The van der Waals surface area contributed by atoms with E-state index in [1.807, 2.05) is 46.9 Å². The van der Waals surface area contributed by atoms with Gasteiger partial charge in [-0.15, -0.1) is 0 Å². The minimum atomic E-state index is -0.139. The molecule has 1 aromatic heterocycles. The normalized spacial score (nSPS) is 10.7. The molecular formula is C13H12ClIN2O2. The number of nitrogens with zero attached hydrogens (tertiary/aromatic N) is 1. The molecule has 1 aromatic carbocycles. The molecule has 0 saturated carbocycles. The van der Waals surface area contributed by atoms with Crippen LogP contribution in [0.4, 0.5) is 0 Å². The number of ether oxygens (including phenoxy) is 1. The summed E-state index contributed by atoms with van der Waals surface area (Å²) in [4.78, 5) is 19.0. The van der Waals surface area contributed by atoms with Crippen molar-refractivity contribution in [3.05, 3.63) is 60.3 Å². The third kappa shape index (κ3) is 3.77. The monoisotopic (exact) mass is 390 g/mol. The zero-order chi connectivity index (χ0) is 13.8. The second kappa shape index (κ2) is 6.49. The Morgan fingerprint density at radius 2 is 2.26 bits per heavy atom. The van der Waals surface area contributed by atoms with Gasteiger partial charge in [-0.1, -0.05) is 23.7 Å². The lowest BCUT2D eigenvalue weighted by atomic mass is 10.1. The molecule has 0 radical (unpaired) electrons. The van der Waals surface area contributed by atoms with Crippen molar-refractivity contribution in [1.29, 1.82) is 0 Å². The second-order valence-electron chi connectivity index (χ2n) is 4.01. The molecule has 2 rings (SSSR count). The van der Waals surface area contributed by atoms with Crippen LogP contribution < -0.4 is 5.56 Å². The molecule has 0 saturated heterocycles. The van der Waals surface area contributed by atoms with Gasteiger partial charge >= 0.3 is 0 Å². The molecule has 0 spiro atoms. The average Bonchev–Trinajstić information content (AvgIpc) is 2.35. The first-order valence-corrected chi connectivity index (χ1v) is 7.06. The minimum Gasteiger partial charge on any atom is -0.378 e. The zero-order valence-corrected chi connectivity index (χ0v) is 13.2. The van der Waals surface area contributed by atoms with E-state index < -0.39 is 0 Å². The summed E-state index contributed by atoms with van der Waals surface area (Å²) in [5.41, 5.74) is 1.52. The van der Waals surface area contributed by atoms with Gasteiger partial charge in [-0.2, -0.15) is 0 Å². The predicted molar refractivity (Wildman–Crippen MR) is 82.5 cm³/mol. The van der Waals surface area contributed by atoms with E-state index in [0.717, 1.165) is 5.56 Å². The van der Waals surface area contributed by atoms with Crippen LogP contribution in [-0.4, -0.2) is 17.1 Å². The van der Waals surface area contributed by atoms with E-state index in [9.17, 15) is 4.79 Å². The Bertz CT molecular complexity index is 643. The van der Waals surface area contributed by atoms with E-state index in [1.54, 1.807) is 7.11 Å². The second-order valence-corrected chi connectivity index (χ2v) is 5.53. The van der Waals surface area contributed by atoms with E-state index in [2.05, 4.69) is 9.97 Å². The van der Waals surface area contributed by atoms with Crippen molar-refractivity contribution in [1.82, 2.24) is 9.97 Å². The Labute approximate surface area is 129 Å². The van der Waals surface area contributed by atoms with Crippen LogP contribution in [0.15, 0.2) is 29.1 Å². The molecule has 0 bridgehead atoms. The zero-order valence-electron chi connectivity index (χ0n) is 10.2. The van der Waals surface area contributed by atoms with E-state index in [1.165, 1.54) is 0 Å². The number of H-pyrrole nitrogens is 1. The van der Waals surface area contributed by atoms with Crippen molar-refractivity contribution < 1.29 is 4.74 Å². The van der Waals surface area contributed by atoms with Crippen LogP contribution in [0, 0.1) is 3.57 Å². The molecule has 6 heteroatoms. The summed E-state index contributed by atoms with van der Waals surface area (Å²) >= 11 is 7.91. The molecule has 0 amide bonds. The van der Waals surface area contributed by atoms with Crippen molar-refractivity contribution in [2.24, 2.45) is 0 Å². The van der Waals surface area contributed by atoms with Crippen LogP contribution >= 0.6 is 34.2 Å². The number of hydrogen-bond donors (Lipinski definition) is 1. The summed E-state index contributed by atoms with van der Waals surface area (Å²) in [6.45, 7) is 0.324. The van der Waals surface area contributed by atoms with Crippen molar-refractivity contribution in [3.63, 3.8) is 0 Å². The van der Waals surface area contributed by atoms with Gasteiger partial charge in [0, 0.05) is 18.6 Å². The van der Waals surface area contributed by atoms with Gasteiger partial charge in [-0.25, -0.2) is 4.98 Å². The first-order valence-electron chi connectivity index (χ1n) is 5.61. The fraction of sp³-hybridized carbons (Fsp3) is 0.231. The largest absolute Gasteiger partial charge is 0.378 e. The molecule has 0 aliphatic carbocycles. The molecule has 0 unspecified atom stereocenters. The number of hydrogen-bond acceptors (Lipinski definition) is 3.